The molecule has 1 aliphatic heterocycles. The molecule has 0 amide bonds. The highest BCUT2D eigenvalue weighted by atomic mass is 15.3. The molecule has 1 saturated carbocycles. The molecule has 0 bridgehead atoms. The minimum atomic E-state index is 0.592. The Hall–Kier alpha value is -3.74. The fourth-order valence-corrected chi connectivity index (χ4v) is 4.53. The first-order valence-corrected chi connectivity index (χ1v) is 12.1. The fourth-order valence-electron chi connectivity index (χ4n) is 4.53. The molecular weight excluding hydrogens is 422 g/mol. The van der Waals surface area contributed by atoms with Crippen LogP contribution in [0.3, 0.4) is 0 Å². The highest BCUT2D eigenvalue weighted by Gasteiger charge is 2.30. The van der Waals surface area contributed by atoms with Crippen molar-refractivity contribution in [1.29, 1.82) is 0 Å². The standard InChI is InChI=1S/C27H29N7/c1-18-7-8-20(15-28-18)11-21-16-34(17-21)27-29-23(12-19-5-3-2-4-6-19)13-25(31-27)30-26-14-24(32-33-26)22-9-10-22/h2-8,13-15,21-22H,9-12,16-17H2,1H3,(H2,29,30,31,32,33). The average molecular weight is 452 g/mol. The monoisotopic (exact) mass is 451 g/mol. The second kappa shape index (κ2) is 8.89. The van der Waals surface area contributed by atoms with Gasteiger partial charge in [-0.05, 0) is 49.3 Å². The van der Waals surface area contributed by atoms with E-state index in [1.165, 1.54) is 29.7 Å². The van der Waals surface area contributed by atoms with Gasteiger partial charge in [-0.2, -0.15) is 10.1 Å². The number of hydrogen-bond donors (Lipinski definition) is 2. The summed E-state index contributed by atoms with van der Waals surface area (Å²) in [7, 11) is 0. The van der Waals surface area contributed by atoms with Crippen molar-refractivity contribution in [3.05, 3.63) is 89.0 Å². The SMILES string of the molecule is Cc1ccc(CC2CN(c3nc(Cc4ccccc4)cc(Nc4cc(C5CC5)[nH]n4)n3)C2)cn1. The minimum Gasteiger partial charge on any atom is -0.340 e. The van der Waals surface area contributed by atoms with Gasteiger partial charge in [0.05, 0.1) is 5.69 Å². The molecule has 3 aromatic heterocycles. The number of aryl methyl sites for hydroxylation is 1. The van der Waals surface area contributed by atoms with E-state index in [1.807, 2.05) is 25.3 Å². The van der Waals surface area contributed by atoms with Crippen molar-refractivity contribution in [2.24, 2.45) is 5.92 Å². The van der Waals surface area contributed by atoms with Gasteiger partial charge < -0.3 is 10.2 Å². The molecule has 0 spiro atoms. The molecule has 1 aromatic carbocycles. The second-order valence-corrected chi connectivity index (χ2v) is 9.60. The largest absolute Gasteiger partial charge is 0.340 e. The minimum absolute atomic E-state index is 0.592. The molecule has 0 atom stereocenters. The number of aromatic nitrogens is 5. The summed E-state index contributed by atoms with van der Waals surface area (Å²) in [6.45, 7) is 3.93. The molecule has 7 nitrogen and oxygen atoms in total. The molecule has 0 unspecified atom stereocenters. The molecule has 6 rings (SSSR count). The van der Waals surface area contributed by atoms with E-state index in [9.17, 15) is 0 Å². The van der Waals surface area contributed by atoms with Gasteiger partial charge in [0.1, 0.15) is 5.82 Å². The summed E-state index contributed by atoms with van der Waals surface area (Å²) in [6.07, 6.45) is 6.29. The fraction of sp³-hybridized carbons (Fsp3) is 0.333. The highest BCUT2D eigenvalue weighted by Crippen LogP contribution is 2.39. The zero-order valence-electron chi connectivity index (χ0n) is 19.4. The number of nitrogens with zero attached hydrogens (tertiary/aromatic N) is 5. The van der Waals surface area contributed by atoms with Crippen LogP contribution in [0.2, 0.25) is 0 Å². The van der Waals surface area contributed by atoms with Crippen LogP contribution in [0.15, 0.2) is 60.8 Å². The van der Waals surface area contributed by atoms with Crippen LogP contribution in [0.1, 0.15) is 47.0 Å². The number of hydrogen-bond acceptors (Lipinski definition) is 6. The van der Waals surface area contributed by atoms with Crippen molar-refractivity contribution in [3.8, 4) is 0 Å². The van der Waals surface area contributed by atoms with Gasteiger partial charge in [0, 0.05) is 55.1 Å². The zero-order chi connectivity index (χ0) is 22.9. The van der Waals surface area contributed by atoms with Gasteiger partial charge in [-0.25, -0.2) is 4.98 Å². The molecule has 1 aliphatic carbocycles. The summed E-state index contributed by atoms with van der Waals surface area (Å²) < 4.78 is 0. The van der Waals surface area contributed by atoms with Crippen LogP contribution in [0, 0.1) is 12.8 Å². The number of aromatic amines is 1. The van der Waals surface area contributed by atoms with Crippen molar-refractivity contribution >= 4 is 17.6 Å². The first-order chi connectivity index (χ1) is 16.7. The molecule has 2 N–H and O–H groups in total. The van der Waals surface area contributed by atoms with Crippen molar-refractivity contribution in [1.82, 2.24) is 25.1 Å². The number of H-pyrrole nitrogens is 1. The van der Waals surface area contributed by atoms with Gasteiger partial charge in [0.15, 0.2) is 5.82 Å². The highest BCUT2D eigenvalue weighted by molar-refractivity contribution is 5.55. The molecule has 4 aromatic rings. The van der Waals surface area contributed by atoms with E-state index in [4.69, 9.17) is 9.97 Å². The summed E-state index contributed by atoms with van der Waals surface area (Å²) in [6, 6.07) is 18.9. The zero-order valence-corrected chi connectivity index (χ0v) is 19.4. The van der Waals surface area contributed by atoms with Crippen LogP contribution in [0.4, 0.5) is 17.6 Å². The van der Waals surface area contributed by atoms with E-state index in [0.717, 1.165) is 54.9 Å². The van der Waals surface area contributed by atoms with Gasteiger partial charge in [-0.3, -0.25) is 10.1 Å². The van der Waals surface area contributed by atoms with Crippen LogP contribution in [0.25, 0.3) is 0 Å². The van der Waals surface area contributed by atoms with E-state index < -0.39 is 0 Å². The lowest BCUT2D eigenvalue weighted by molar-refractivity contribution is 0.401. The van der Waals surface area contributed by atoms with Crippen molar-refractivity contribution in [2.75, 3.05) is 23.3 Å². The Bertz CT molecular complexity index is 1260. The summed E-state index contributed by atoms with van der Waals surface area (Å²) in [5.41, 5.74) is 5.80. The van der Waals surface area contributed by atoms with Crippen LogP contribution in [-0.4, -0.2) is 38.2 Å². The molecule has 172 valence electrons. The predicted octanol–water partition coefficient (Wildman–Crippen LogP) is 4.79. The lowest BCUT2D eigenvalue weighted by Crippen LogP contribution is -2.48. The quantitative estimate of drug-likeness (QED) is 0.401. The lowest BCUT2D eigenvalue weighted by atomic mass is 9.93. The van der Waals surface area contributed by atoms with Crippen molar-refractivity contribution in [2.45, 2.75) is 38.5 Å². The summed E-state index contributed by atoms with van der Waals surface area (Å²) in [5, 5.41) is 11.0. The molecule has 0 radical (unpaired) electrons. The first kappa shape index (κ1) is 20.8. The van der Waals surface area contributed by atoms with Gasteiger partial charge in [-0.15, -0.1) is 0 Å². The van der Waals surface area contributed by atoms with E-state index in [1.54, 1.807) is 0 Å². The van der Waals surface area contributed by atoms with E-state index in [-0.39, 0.29) is 0 Å². The maximum Gasteiger partial charge on any atom is 0.227 e. The Kier molecular flexibility index (Phi) is 5.45. The number of anilines is 3. The number of rotatable bonds is 8. The summed E-state index contributed by atoms with van der Waals surface area (Å²) >= 11 is 0. The average Bonchev–Trinajstić information content (AvgIpc) is 3.57. The Morgan fingerprint density at radius 3 is 2.59 bits per heavy atom. The van der Waals surface area contributed by atoms with Gasteiger partial charge in [-0.1, -0.05) is 36.4 Å². The molecule has 4 heterocycles. The molecule has 2 fully saturated rings. The third-order valence-electron chi connectivity index (χ3n) is 6.60. The Morgan fingerprint density at radius 2 is 1.82 bits per heavy atom. The normalized spacial score (nSPS) is 15.9. The maximum atomic E-state index is 4.92. The topological polar surface area (TPSA) is 82.6 Å². The van der Waals surface area contributed by atoms with Gasteiger partial charge in [0.2, 0.25) is 5.95 Å². The van der Waals surface area contributed by atoms with Crippen LogP contribution < -0.4 is 10.2 Å². The third-order valence-corrected chi connectivity index (χ3v) is 6.60. The van der Waals surface area contributed by atoms with Crippen molar-refractivity contribution in [3.63, 3.8) is 0 Å². The molecule has 1 saturated heterocycles. The van der Waals surface area contributed by atoms with E-state index >= 15 is 0 Å². The number of pyridine rings is 1. The number of benzene rings is 1. The summed E-state index contributed by atoms with van der Waals surface area (Å²) in [4.78, 5) is 16.5. The molecule has 7 heteroatoms. The van der Waals surface area contributed by atoms with E-state index in [2.05, 4.69) is 67.9 Å². The van der Waals surface area contributed by atoms with Gasteiger partial charge in [0.25, 0.3) is 0 Å². The predicted molar refractivity (Wildman–Crippen MR) is 134 cm³/mol. The second-order valence-electron chi connectivity index (χ2n) is 9.60. The third kappa shape index (κ3) is 4.78. The summed E-state index contributed by atoms with van der Waals surface area (Å²) in [5.74, 6) is 3.61. The van der Waals surface area contributed by atoms with Crippen LogP contribution >= 0.6 is 0 Å². The Morgan fingerprint density at radius 1 is 0.971 bits per heavy atom. The lowest BCUT2D eigenvalue weighted by Gasteiger charge is -2.39. The van der Waals surface area contributed by atoms with Gasteiger partial charge >= 0.3 is 0 Å². The number of nitrogens with one attached hydrogen (secondary N) is 2. The first-order valence-electron chi connectivity index (χ1n) is 12.1. The van der Waals surface area contributed by atoms with Crippen molar-refractivity contribution < 1.29 is 0 Å². The van der Waals surface area contributed by atoms with Crippen LogP contribution in [-0.2, 0) is 12.8 Å². The smallest absolute Gasteiger partial charge is 0.227 e. The Labute approximate surface area is 199 Å². The Balaban J connectivity index is 1.19. The maximum absolute atomic E-state index is 4.92. The molecule has 2 aliphatic rings. The molecular formula is C27H29N7. The molecule has 34 heavy (non-hydrogen) atoms. The van der Waals surface area contributed by atoms with E-state index in [0.29, 0.717) is 11.8 Å². The van der Waals surface area contributed by atoms with Crippen LogP contribution in [0.5, 0.6) is 0 Å².